The summed E-state index contributed by atoms with van der Waals surface area (Å²) >= 11 is 3.55. The van der Waals surface area contributed by atoms with Gasteiger partial charge in [-0.05, 0) is 55.6 Å². The van der Waals surface area contributed by atoms with Crippen molar-refractivity contribution >= 4 is 21.8 Å². The number of ether oxygens (including phenoxy) is 1. The Kier molecular flexibility index (Phi) is 7.30. The summed E-state index contributed by atoms with van der Waals surface area (Å²) in [6.45, 7) is 6.07. The number of carbonyl (C=O) groups is 1. The van der Waals surface area contributed by atoms with Crippen LogP contribution in [0.1, 0.15) is 36.0 Å². The van der Waals surface area contributed by atoms with E-state index in [2.05, 4.69) is 46.4 Å². The number of halogens is 1. The van der Waals surface area contributed by atoms with E-state index in [0.29, 0.717) is 18.9 Å². The molecule has 4 nitrogen and oxygen atoms in total. The highest BCUT2D eigenvalue weighted by Crippen LogP contribution is 2.24. The zero-order valence-electron chi connectivity index (χ0n) is 15.8. The number of nitrogens with one attached hydrogen (secondary N) is 1. The van der Waals surface area contributed by atoms with Crippen molar-refractivity contribution < 1.29 is 9.53 Å². The predicted octanol–water partition coefficient (Wildman–Crippen LogP) is 4.44. The number of rotatable bonds is 9. The quantitative estimate of drug-likeness (QED) is 0.597. The average molecular weight is 431 g/mol. The lowest BCUT2D eigenvalue weighted by Gasteiger charge is -2.16. The van der Waals surface area contributed by atoms with Gasteiger partial charge in [0.25, 0.3) is 0 Å². The van der Waals surface area contributed by atoms with Gasteiger partial charge in [0.05, 0.1) is 0 Å². The van der Waals surface area contributed by atoms with E-state index in [0.717, 1.165) is 54.8 Å². The van der Waals surface area contributed by atoms with E-state index in [1.165, 1.54) is 11.1 Å². The van der Waals surface area contributed by atoms with E-state index in [1.807, 2.05) is 29.2 Å². The summed E-state index contributed by atoms with van der Waals surface area (Å²) < 4.78 is 7.14. The third-order valence-corrected chi connectivity index (χ3v) is 5.43. The summed E-state index contributed by atoms with van der Waals surface area (Å²) in [6.07, 6.45) is 2.69. The standard InChI is InChI=1S/C22H27BrN2O2/c1-17-6-2-3-7-18(17)16-27-21-10-9-20(23)14-19(21)15-24-11-5-13-25-12-4-8-22(25)26/h2-3,6-7,9-10,14,24H,4-5,8,11-13,15-16H2,1H3. The molecule has 1 aliphatic rings. The van der Waals surface area contributed by atoms with Gasteiger partial charge in [-0.15, -0.1) is 0 Å². The number of amides is 1. The molecule has 0 spiro atoms. The summed E-state index contributed by atoms with van der Waals surface area (Å²) in [5, 5.41) is 3.48. The molecule has 0 aliphatic carbocycles. The number of carbonyl (C=O) groups excluding carboxylic acids is 1. The van der Waals surface area contributed by atoms with Crippen LogP contribution < -0.4 is 10.1 Å². The van der Waals surface area contributed by atoms with Crippen molar-refractivity contribution in [1.82, 2.24) is 10.2 Å². The van der Waals surface area contributed by atoms with Crippen molar-refractivity contribution in [3.8, 4) is 5.75 Å². The molecule has 1 fully saturated rings. The van der Waals surface area contributed by atoms with Crippen molar-refractivity contribution in [2.45, 2.75) is 39.3 Å². The molecule has 0 aromatic heterocycles. The molecule has 144 valence electrons. The molecule has 1 heterocycles. The number of hydrogen-bond acceptors (Lipinski definition) is 3. The van der Waals surface area contributed by atoms with Crippen LogP contribution in [0.5, 0.6) is 5.75 Å². The lowest BCUT2D eigenvalue weighted by atomic mass is 10.1. The van der Waals surface area contributed by atoms with E-state index in [-0.39, 0.29) is 0 Å². The van der Waals surface area contributed by atoms with Crippen LogP contribution in [-0.2, 0) is 17.9 Å². The highest BCUT2D eigenvalue weighted by atomic mass is 79.9. The van der Waals surface area contributed by atoms with E-state index >= 15 is 0 Å². The second-order valence-electron chi connectivity index (χ2n) is 6.98. The van der Waals surface area contributed by atoms with Crippen LogP contribution in [0, 0.1) is 6.92 Å². The van der Waals surface area contributed by atoms with E-state index in [1.54, 1.807) is 0 Å². The van der Waals surface area contributed by atoms with Gasteiger partial charge in [0.15, 0.2) is 0 Å². The topological polar surface area (TPSA) is 41.6 Å². The van der Waals surface area contributed by atoms with Crippen molar-refractivity contribution in [3.05, 3.63) is 63.6 Å². The second kappa shape index (κ2) is 9.90. The zero-order valence-corrected chi connectivity index (χ0v) is 17.4. The van der Waals surface area contributed by atoms with Crippen molar-refractivity contribution in [1.29, 1.82) is 0 Å². The van der Waals surface area contributed by atoms with Gasteiger partial charge in [0.1, 0.15) is 12.4 Å². The van der Waals surface area contributed by atoms with Crippen molar-refractivity contribution in [3.63, 3.8) is 0 Å². The number of nitrogens with zero attached hydrogens (tertiary/aromatic N) is 1. The smallest absolute Gasteiger partial charge is 0.222 e. The molecule has 5 heteroatoms. The summed E-state index contributed by atoms with van der Waals surface area (Å²) in [7, 11) is 0. The molecular formula is C22H27BrN2O2. The third-order valence-electron chi connectivity index (χ3n) is 4.94. The first-order chi connectivity index (χ1) is 13.1. The first-order valence-electron chi connectivity index (χ1n) is 9.58. The molecule has 3 rings (SSSR count). The minimum Gasteiger partial charge on any atom is -0.489 e. The summed E-state index contributed by atoms with van der Waals surface area (Å²) in [5.74, 6) is 1.21. The maximum absolute atomic E-state index is 11.6. The molecule has 1 aliphatic heterocycles. The Morgan fingerprint density at radius 2 is 2.04 bits per heavy atom. The largest absolute Gasteiger partial charge is 0.489 e. The van der Waals surface area contributed by atoms with Gasteiger partial charge in [-0.25, -0.2) is 0 Å². The predicted molar refractivity (Wildman–Crippen MR) is 112 cm³/mol. The number of hydrogen-bond donors (Lipinski definition) is 1. The molecule has 27 heavy (non-hydrogen) atoms. The Morgan fingerprint density at radius 3 is 2.81 bits per heavy atom. The minimum absolute atomic E-state index is 0.300. The molecule has 0 atom stereocenters. The molecule has 1 N–H and O–H groups in total. The van der Waals surface area contributed by atoms with Gasteiger partial charge in [0.2, 0.25) is 5.91 Å². The van der Waals surface area contributed by atoms with E-state index in [9.17, 15) is 4.79 Å². The van der Waals surface area contributed by atoms with Gasteiger partial charge in [-0.1, -0.05) is 40.2 Å². The lowest BCUT2D eigenvalue weighted by molar-refractivity contribution is -0.127. The summed E-state index contributed by atoms with van der Waals surface area (Å²) in [5.41, 5.74) is 3.58. The minimum atomic E-state index is 0.300. The number of benzene rings is 2. The SMILES string of the molecule is Cc1ccccc1COc1ccc(Br)cc1CNCCCN1CCCC1=O. The summed E-state index contributed by atoms with van der Waals surface area (Å²) in [6, 6.07) is 14.4. The van der Waals surface area contributed by atoms with Gasteiger partial charge in [-0.2, -0.15) is 0 Å². The van der Waals surface area contributed by atoms with E-state index in [4.69, 9.17) is 4.74 Å². The fourth-order valence-corrected chi connectivity index (χ4v) is 3.72. The van der Waals surface area contributed by atoms with Gasteiger partial charge >= 0.3 is 0 Å². The Hall–Kier alpha value is -1.85. The van der Waals surface area contributed by atoms with Crippen LogP contribution >= 0.6 is 15.9 Å². The average Bonchev–Trinajstić information content (AvgIpc) is 3.07. The maximum atomic E-state index is 11.6. The summed E-state index contributed by atoms with van der Waals surface area (Å²) in [4.78, 5) is 13.6. The Morgan fingerprint density at radius 1 is 1.19 bits per heavy atom. The second-order valence-corrected chi connectivity index (χ2v) is 7.90. The normalized spacial score (nSPS) is 14.0. The van der Waals surface area contributed by atoms with Gasteiger partial charge in [0, 0.05) is 36.1 Å². The highest BCUT2D eigenvalue weighted by Gasteiger charge is 2.18. The highest BCUT2D eigenvalue weighted by molar-refractivity contribution is 9.10. The van der Waals surface area contributed by atoms with E-state index < -0.39 is 0 Å². The Bertz CT molecular complexity index is 779. The zero-order chi connectivity index (χ0) is 19.1. The number of aryl methyl sites for hydroxylation is 1. The van der Waals surface area contributed by atoms with Crippen LogP contribution in [-0.4, -0.2) is 30.4 Å². The molecule has 0 unspecified atom stereocenters. The van der Waals surface area contributed by atoms with Crippen LogP contribution in [0.2, 0.25) is 0 Å². The van der Waals surface area contributed by atoms with Crippen LogP contribution in [0.3, 0.4) is 0 Å². The van der Waals surface area contributed by atoms with Crippen LogP contribution in [0.4, 0.5) is 0 Å². The molecule has 0 radical (unpaired) electrons. The third kappa shape index (κ3) is 5.81. The van der Waals surface area contributed by atoms with Crippen LogP contribution in [0.25, 0.3) is 0 Å². The Labute approximate surface area is 170 Å². The lowest BCUT2D eigenvalue weighted by Crippen LogP contribution is -2.28. The number of likely N-dealkylation sites (tertiary alicyclic amines) is 1. The molecule has 2 aromatic rings. The fourth-order valence-electron chi connectivity index (χ4n) is 3.31. The Balaban J connectivity index is 1.49. The molecule has 0 saturated carbocycles. The van der Waals surface area contributed by atoms with Crippen molar-refractivity contribution in [2.24, 2.45) is 0 Å². The monoisotopic (exact) mass is 430 g/mol. The molecule has 1 saturated heterocycles. The van der Waals surface area contributed by atoms with Crippen LogP contribution in [0.15, 0.2) is 46.9 Å². The molecule has 1 amide bonds. The van der Waals surface area contributed by atoms with Gasteiger partial charge in [-0.3, -0.25) is 4.79 Å². The van der Waals surface area contributed by atoms with Gasteiger partial charge < -0.3 is 15.0 Å². The maximum Gasteiger partial charge on any atom is 0.222 e. The molecule has 2 aromatic carbocycles. The first kappa shape index (κ1) is 19.9. The van der Waals surface area contributed by atoms with Crippen molar-refractivity contribution in [2.75, 3.05) is 19.6 Å². The fraction of sp³-hybridized carbons (Fsp3) is 0.409. The first-order valence-corrected chi connectivity index (χ1v) is 10.4. The molecular weight excluding hydrogens is 404 g/mol. The molecule has 0 bridgehead atoms.